The molecular formula is C16H23ClN2O4S. The van der Waals surface area contributed by atoms with E-state index in [2.05, 4.69) is 5.32 Å². The van der Waals surface area contributed by atoms with E-state index in [-0.39, 0.29) is 24.2 Å². The third kappa shape index (κ3) is 4.92. The molecule has 6 nitrogen and oxygen atoms in total. The summed E-state index contributed by atoms with van der Waals surface area (Å²) in [5.41, 5.74) is 1.63. The zero-order chi connectivity index (χ0) is 17.7. The van der Waals surface area contributed by atoms with E-state index in [1.54, 1.807) is 18.2 Å². The third-order valence-electron chi connectivity index (χ3n) is 4.21. The highest BCUT2D eigenvalue weighted by Crippen LogP contribution is 2.24. The minimum absolute atomic E-state index is 0.0235. The number of aryl methyl sites for hydroxylation is 1. The van der Waals surface area contributed by atoms with Crippen LogP contribution in [0.2, 0.25) is 5.02 Å². The lowest BCUT2D eigenvalue weighted by Gasteiger charge is -2.30. The third-order valence-corrected chi connectivity index (χ3v) is 6.28. The maximum Gasteiger partial charge on any atom is 0.227 e. The van der Waals surface area contributed by atoms with Crippen LogP contribution >= 0.6 is 11.6 Å². The molecule has 24 heavy (non-hydrogen) atoms. The van der Waals surface area contributed by atoms with Crippen LogP contribution in [-0.2, 0) is 19.6 Å². The molecule has 1 aromatic rings. The molecule has 1 aromatic carbocycles. The number of hydrogen-bond donors (Lipinski definition) is 1. The van der Waals surface area contributed by atoms with Gasteiger partial charge in [-0.05, 0) is 43.5 Å². The van der Waals surface area contributed by atoms with Crippen molar-refractivity contribution in [1.82, 2.24) is 4.31 Å². The highest BCUT2D eigenvalue weighted by Gasteiger charge is 2.30. The quantitative estimate of drug-likeness (QED) is 0.828. The number of rotatable bonds is 6. The van der Waals surface area contributed by atoms with E-state index in [4.69, 9.17) is 16.3 Å². The second kappa shape index (κ2) is 8.29. The topological polar surface area (TPSA) is 75.7 Å². The number of benzene rings is 1. The largest absolute Gasteiger partial charge is 0.384 e. The normalized spacial score (nSPS) is 17.0. The van der Waals surface area contributed by atoms with Crippen LogP contribution in [-0.4, -0.2) is 51.2 Å². The molecule has 134 valence electrons. The Labute approximate surface area is 148 Å². The first-order valence-corrected chi connectivity index (χ1v) is 9.86. The van der Waals surface area contributed by atoms with Crippen molar-refractivity contribution in [2.45, 2.75) is 19.8 Å². The van der Waals surface area contributed by atoms with Crippen molar-refractivity contribution in [3.63, 3.8) is 0 Å². The Morgan fingerprint density at radius 3 is 2.62 bits per heavy atom. The summed E-state index contributed by atoms with van der Waals surface area (Å²) in [6, 6.07) is 5.30. The zero-order valence-electron chi connectivity index (χ0n) is 13.9. The minimum Gasteiger partial charge on any atom is -0.384 e. The Morgan fingerprint density at radius 2 is 2.04 bits per heavy atom. The summed E-state index contributed by atoms with van der Waals surface area (Å²) >= 11 is 5.91. The summed E-state index contributed by atoms with van der Waals surface area (Å²) in [6.45, 7) is 2.79. The van der Waals surface area contributed by atoms with Crippen LogP contribution in [0, 0.1) is 12.8 Å². The molecule has 0 unspecified atom stereocenters. The molecule has 2 rings (SSSR count). The smallest absolute Gasteiger partial charge is 0.227 e. The first-order valence-electron chi connectivity index (χ1n) is 7.87. The Hall–Kier alpha value is -1.15. The average molecular weight is 375 g/mol. The number of anilines is 1. The molecule has 0 aromatic heterocycles. The summed E-state index contributed by atoms with van der Waals surface area (Å²) in [5.74, 6) is -0.284. The number of halogens is 1. The average Bonchev–Trinajstić information content (AvgIpc) is 2.55. The monoisotopic (exact) mass is 374 g/mol. The van der Waals surface area contributed by atoms with E-state index in [9.17, 15) is 13.2 Å². The molecule has 1 amide bonds. The molecule has 8 heteroatoms. The summed E-state index contributed by atoms with van der Waals surface area (Å²) < 4.78 is 30.5. The van der Waals surface area contributed by atoms with Crippen LogP contribution in [0.5, 0.6) is 0 Å². The Bertz CT molecular complexity index is 685. The van der Waals surface area contributed by atoms with Gasteiger partial charge in [0, 0.05) is 36.8 Å². The van der Waals surface area contributed by atoms with Gasteiger partial charge in [0.1, 0.15) is 0 Å². The SMILES string of the molecule is COCCS(=O)(=O)N1CCC(C(=O)Nc2ccc(Cl)cc2C)CC1. The first-order chi connectivity index (χ1) is 11.3. The van der Waals surface area contributed by atoms with Crippen LogP contribution in [0.25, 0.3) is 0 Å². The van der Waals surface area contributed by atoms with E-state index in [1.165, 1.54) is 11.4 Å². The summed E-state index contributed by atoms with van der Waals surface area (Å²) in [7, 11) is -1.83. The van der Waals surface area contributed by atoms with Crippen LogP contribution in [0.1, 0.15) is 18.4 Å². The van der Waals surface area contributed by atoms with Crippen LogP contribution < -0.4 is 5.32 Å². The van der Waals surface area contributed by atoms with Gasteiger partial charge in [-0.1, -0.05) is 11.6 Å². The highest BCUT2D eigenvalue weighted by molar-refractivity contribution is 7.89. The van der Waals surface area contributed by atoms with E-state index in [1.807, 2.05) is 6.92 Å². The maximum atomic E-state index is 12.4. The molecule has 1 aliphatic heterocycles. The molecule has 0 radical (unpaired) electrons. The van der Waals surface area contributed by atoms with E-state index in [0.717, 1.165) is 11.3 Å². The van der Waals surface area contributed by atoms with Crippen molar-refractivity contribution in [2.75, 3.05) is 37.9 Å². The first kappa shape index (κ1) is 19.2. The van der Waals surface area contributed by atoms with Crippen molar-refractivity contribution in [3.05, 3.63) is 28.8 Å². The molecule has 0 spiro atoms. The number of carbonyl (C=O) groups excluding carboxylic acids is 1. The maximum absolute atomic E-state index is 12.4. The zero-order valence-corrected chi connectivity index (χ0v) is 15.5. The fraction of sp³-hybridized carbons (Fsp3) is 0.562. The van der Waals surface area contributed by atoms with Gasteiger partial charge in [-0.3, -0.25) is 4.79 Å². The van der Waals surface area contributed by atoms with Gasteiger partial charge in [-0.15, -0.1) is 0 Å². The second-order valence-corrected chi connectivity index (χ2v) is 8.46. The van der Waals surface area contributed by atoms with Crippen LogP contribution in [0.3, 0.4) is 0 Å². The lowest BCUT2D eigenvalue weighted by atomic mass is 9.97. The van der Waals surface area contributed by atoms with Crippen molar-refractivity contribution >= 4 is 33.2 Å². The van der Waals surface area contributed by atoms with Gasteiger partial charge in [0.25, 0.3) is 0 Å². The molecule has 1 heterocycles. The van der Waals surface area contributed by atoms with Crippen LogP contribution in [0.15, 0.2) is 18.2 Å². The number of nitrogens with zero attached hydrogens (tertiary/aromatic N) is 1. The molecular weight excluding hydrogens is 352 g/mol. The lowest BCUT2D eigenvalue weighted by Crippen LogP contribution is -2.42. The molecule has 0 saturated carbocycles. The second-order valence-electron chi connectivity index (χ2n) is 5.93. The van der Waals surface area contributed by atoms with Gasteiger partial charge in [-0.2, -0.15) is 0 Å². The number of piperidine rings is 1. The predicted molar refractivity (Wildman–Crippen MR) is 94.8 cm³/mol. The molecule has 0 bridgehead atoms. The molecule has 0 atom stereocenters. The van der Waals surface area contributed by atoms with Gasteiger partial charge in [0.2, 0.25) is 15.9 Å². The summed E-state index contributed by atoms with van der Waals surface area (Å²) in [6.07, 6.45) is 1.04. The molecule has 1 N–H and O–H groups in total. The van der Waals surface area contributed by atoms with Crippen molar-refractivity contribution in [2.24, 2.45) is 5.92 Å². The van der Waals surface area contributed by atoms with Crippen molar-refractivity contribution in [3.8, 4) is 0 Å². The van der Waals surface area contributed by atoms with Gasteiger partial charge < -0.3 is 10.1 Å². The molecule has 0 aliphatic carbocycles. The number of sulfonamides is 1. The standard InChI is InChI=1S/C16H23ClN2O4S/c1-12-11-14(17)3-4-15(12)18-16(20)13-5-7-19(8-6-13)24(21,22)10-9-23-2/h3-4,11,13H,5-10H2,1-2H3,(H,18,20). The number of ether oxygens (including phenoxy) is 1. The van der Waals surface area contributed by atoms with Gasteiger partial charge in [0.05, 0.1) is 12.4 Å². The Balaban J connectivity index is 1.91. The van der Waals surface area contributed by atoms with E-state index < -0.39 is 10.0 Å². The minimum atomic E-state index is -3.30. The van der Waals surface area contributed by atoms with Crippen molar-refractivity contribution in [1.29, 1.82) is 0 Å². The number of carbonyl (C=O) groups is 1. The number of amides is 1. The Morgan fingerprint density at radius 1 is 1.38 bits per heavy atom. The fourth-order valence-electron chi connectivity index (χ4n) is 2.72. The van der Waals surface area contributed by atoms with E-state index >= 15 is 0 Å². The lowest BCUT2D eigenvalue weighted by molar-refractivity contribution is -0.120. The number of hydrogen-bond acceptors (Lipinski definition) is 4. The van der Waals surface area contributed by atoms with Crippen LogP contribution in [0.4, 0.5) is 5.69 Å². The molecule has 1 saturated heterocycles. The van der Waals surface area contributed by atoms with E-state index in [0.29, 0.717) is 31.0 Å². The van der Waals surface area contributed by atoms with Gasteiger partial charge >= 0.3 is 0 Å². The number of nitrogens with one attached hydrogen (secondary N) is 1. The summed E-state index contributed by atoms with van der Waals surface area (Å²) in [5, 5.41) is 3.53. The molecule has 1 aliphatic rings. The van der Waals surface area contributed by atoms with Crippen molar-refractivity contribution < 1.29 is 17.9 Å². The number of methoxy groups -OCH3 is 1. The highest BCUT2D eigenvalue weighted by atomic mass is 35.5. The predicted octanol–water partition coefficient (Wildman–Crippen LogP) is 2.28. The summed E-state index contributed by atoms with van der Waals surface area (Å²) in [4.78, 5) is 12.4. The van der Waals surface area contributed by atoms with Gasteiger partial charge in [-0.25, -0.2) is 12.7 Å². The fourth-order valence-corrected chi connectivity index (χ4v) is 4.35. The molecule has 1 fully saturated rings. The Kier molecular flexibility index (Phi) is 6.62. The van der Waals surface area contributed by atoms with Gasteiger partial charge in [0.15, 0.2) is 0 Å².